The van der Waals surface area contributed by atoms with Crippen molar-refractivity contribution in [1.82, 2.24) is 14.8 Å². The van der Waals surface area contributed by atoms with E-state index < -0.39 is 0 Å². The first-order valence-electron chi connectivity index (χ1n) is 5.09. The van der Waals surface area contributed by atoms with Gasteiger partial charge in [-0.1, -0.05) is 0 Å². The molecule has 6 heteroatoms. The summed E-state index contributed by atoms with van der Waals surface area (Å²) in [6.07, 6.45) is 3.07. The number of rotatable bonds is 2. The van der Waals surface area contributed by atoms with Crippen molar-refractivity contribution in [2.24, 2.45) is 7.05 Å². The average molecular weight is 231 g/mol. The van der Waals surface area contributed by atoms with Crippen LogP contribution in [0.5, 0.6) is 0 Å². The number of nitrogens with two attached hydrogens (primary N) is 1. The molecule has 1 amide bonds. The van der Waals surface area contributed by atoms with E-state index in [0.29, 0.717) is 17.1 Å². The summed E-state index contributed by atoms with van der Waals surface area (Å²) < 4.78 is 1.57. The lowest BCUT2D eigenvalue weighted by Gasteiger charge is -2.07. The Bertz CT molecular complexity index is 561. The fourth-order valence-corrected chi connectivity index (χ4v) is 1.45. The second-order valence-electron chi connectivity index (χ2n) is 3.71. The predicted molar refractivity (Wildman–Crippen MR) is 64.5 cm³/mol. The number of anilines is 2. The number of hydrogen-bond acceptors (Lipinski definition) is 4. The van der Waals surface area contributed by atoms with Gasteiger partial charge in [-0.25, -0.2) is 0 Å². The van der Waals surface area contributed by atoms with Crippen molar-refractivity contribution in [3.8, 4) is 0 Å². The van der Waals surface area contributed by atoms with Gasteiger partial charge in [0.1, 0.15) is 5.82 Å². The molecule has 6 nitrogen and oxygen atoms in total. The largest absolute Gasteiger partial charge is 0.398 e. The number of nitrogens with zero attached hydrogens (tertiary/aromatic N) is 3. The lowest BCUT2D eigenvalue weighted by atomic mass is 10.2. The molecule has 0 fully saturated rings. The number of amides is 1. The minimum atomic E-state index is -0.293. The van der Waals surface area contributed by atoms with E-state index in [1.165, 1.54) is 6.20 Å². The maximum atomic E-state index is 11.9. The summed E-state index contributed by atoms with van der Waals surface area (Å²) in [5, 5.41) is 6.66. The Balaban J connectivity index is 2.23. The van der Waals surface area contributed by atoms with Gasteiger partial charge in [-0.15, -0.1) is 0 Å². The molecule has 2 aromatic rings. The summed E-state index contributed by atoms with van der Waals surface area (Å²) >= 11 is 0. The fraction of sp³-hybridized carbons (Fsp3) is 0.182. The first kappa shape index (κ1) is 11.1. The van der Waals surface area contributed by atoms with Gasteiger partial charge in [0.05, 0.1) is 11.8 Å². The van der Waals surface area contributed by atoms with Crippen LogP contribution in [0.2, 0.25) is 0 Å². The third kappa shape index (κ3) is 2.25. The number of carbonyl (C=O) groups excluding carboxylic acids is 1. The first-order chi connectivity index (χ1) is 8.08. The van der Waals surface area contributed by atoms with Crippen LogP contribution >= 0.6 is 0 Å². The van der Waals surface area contributed by atoms with Crippen LogP contribution in [0.15, 0.2) is 24.5 Å². The number of aryl methyl sites for hydroxylation is 2. The van der Waals surface area contributed by atoms with Crippen molar-refractivity contribution in [2.75, 3.05) is 11.1 Å². The van der Waals surface area contributed by atoms with Gasteiger partial charge in [-0.05, 0) is 13.0 Å². The van der Waals surface area contributed by atoms with Crippen molar-refractivity contribution in [2.45, 2.75) is 6.92 Å². The third-order valence-electron chi connectivity index (χ3n) is 2.38. The zero-order valence-corrected chi connectivity index (χ0v) is 9.64. The van der Waals surface area contributed by atoms with E-state index in [9.17, 15) is 4.79 Å². The summed E-state index contributed by atoms with van der Waals surface area (Å²) in [6, 6.07) is 3.37. The fourth-order valence-electron chi connectivity index (χ4n) is 1.45. The van der Waals surface area contributed by atoms with E-state index in [2.05, 4.69) is 15.4 Å². The Kier molecular flexibility index (Phi) is 2.78. The third-order valence-corrected chi connectivity index (χ3v) is 2.38. The topological polar surface area (TPSA) is 85.8 Å². The molecule has 17 heavy (non-hydrogen) atoms. The highest BCUT2D eigenvalue weighted by molar-refractivity contribution is 6.07. The second-order valence-corrected chi connectivity index (χ2v) is 3.71. The first-order valence-corrected chi connectivity index (χ1v) is 5.09. The average Bonchev–Trinajstić information content (AvgIpc) is 2.64. The molecule has 0 bridgehead atoms. The molecule has 0 saturated carbocycles. The standard InChI is InChI=1S/C11H13N5O/c1-7-5-9(12)8(6-13-7)11(17)15-10-3-4-14-16(10)2/h3-6H,1-2H3,(H2,12,13)(H,15,17). The van der Waals surface area contributed by atoms with E-state index >= 15 is 0 Å². The summed E-state index contributed by atoms with van der Waals surface area (Å²) in [7, 11) is 1.74. The zero-order valence-electron chi connectivity index (χ0n) is 9.64. The highest BCUT2D eigenvalue weighted by atomic mass is 16.1. The molecule has 0 saturated heterocycles. The zero-order chi connectivity index (χ0) is 12.4. The van der Waals surface area contributed by atoms with Crippen molar-refractivity contribution in [1.29, 1.82) is 0 Å². The molecule has 3 N–H and O–H groups in total. The quantitative estimate of drug-likeness (QED) is 0.806. The van der Waals surface area contributed by atoms with Crippen molar-refractivity contribution >= 4 is 17.4 Å². The maximum absolute atomic E-state index is 11.9. The van der Waals surface area contributed by atoms with Crippen LogP contribution in [0.1, 0.15) is 16.1 Å². The van der Waals surface area contributed by atoms with E-state index in [-0.39, 0.29) is 5.91 Å². The van der Waals surface area contributed by atoms with E-state index in [1.807, 2.05) is 6.92 Å². The lowest BCUT2D eigenvalue weighted by Crippen LogP contribution is -2.16. The highest BCUT2D eigenvalue weighted by Gasteiger charge is 2.12. The number of pyridine rings is 1. The Labute approximate surface area is 98.5 Å². The Hall–Kier alpha value is -2.37. The normalized spacial score (nSPS) is 10.2. The van der Waals surface area contributed by atoms with Gasteiger partial charge in [-0.3, -0.25) is 14.5 Å². The summed E-state index contributed by atoms with van der Waals surface area (Å²) in [4.78, 5) is 16.0. The molecule has 0 aliphatic rings. The van der Waals surface area contributed by atoms with Crippen molar-refractivity contribution < 1.29 is 4.79 Å². The van der Waals surface area contributed by atoms with Crippen LogP contribution in [-0.4, -0.2) is 20.7 Å². The summed E-state index contributed by atoms with van der Waals surface area (Å²) in [5.41, 5.74) is 7.32. The monoisotopic (exact) mass is 231 g/mol. The predicted octanol–water partition coefficient (Wildman–Crippen LogP) is 0.958. The van der Waals surface area contributed by atoms with E-state index in [1.54, 1.807) is 30.1 Å². The molecule has 2 aromatic heterocycles. The number of nitrogens with one attached hydrogen (secondary N) is 1. The summed E-state index contributed by atoms with van der Waals surface area (Å²) in [5.74, 6) is 0.313. The van der Waals surface area contributed by atoms with E-state index in [0.717, 1.165) is 5.69 Å². The molecule has 88 valence electrons. The van der Waals surface area contributed by atoms with Gasteiger partial charge in [0.2, 0.25) is 0 Å². The van der Waals surface area contributed by atoms with Crippen molar-refractivity contribution in [3.63, 3.8) is 0 Å². The molecule has 0 unspecified atom stereocenters. The van der Waals surface area contributed by atoms with Crippen LogP contribution < -0.4 is 11.1 Å². The van der Waals surface area contributed by atoms with Gasteiger partial charge < -0.3 is 11.1 Å². The molecular formula is C11H13N5O. The highest BCUT2D eigenvalue weighted by Crippen LogP contribution is 2.13. The minimum absolute atomic E-state index is 0.293. The summed E-state index contributed by atoms with van der Waals surface area (Å²) in [6.45, 7) is 1.82. The smallest absolute Gasteiger partial charge is 0.260 e. The number of carbonyl (C=O) groups is 1. The van der Waals surface area contributed by atoms with E-state index in [4.69, 9.17) is 5.73 Å². The molecule has 0 aliphatic carbocycles. The van der Waals surface area contributed by atoms with Gasteiger partial charge in [0.25, 0.3) is 5.91 Å². The molecular weight excluding hydrogens is 218 g/mol. The molecule has 2 rings (SSSR count). The molecule has 0 aliphatic heterocycles. The Morgan fingerprint density at radius 3 is 2.88 bits per heavy atom. The second kappa shape index (κ2) is 4.25. The van der Waals surface area contributed by atoms with Gasteiger partial charge in [-0.2, -0.15) is 5.10 Å². The van der Waals surface area contributed by atoms with Gasteiger partial charge >= 0.3 is 0 Å². The van der Waals surface area contributed by atoms with Crippen LogP contribution in [0.25, 0.3) is 0 Å². The molecule has 2 heterocycles. The van der Waals surface area contributed by atoms with Gasteiger partial charge in [0.15, 0.2) is 0 Å². The maximum Gasteiger partial charge on any atom is 0.260 e. The number of hydrogen-bond donors (Lipinski definition) is 2. The van der Waals surface area contributed by atoms with Crippen LogP contribution in [0, 0.1) is 6.92 Å². The van der Waals surface area contributed by atoms with Crippen molar-refractivity contribution in [3.05, 3.63) is 35.8 Å². The van der Waals surface area contributed by atoms with Crippen LogP contribution in [-0.2, 0) is 7.05 Å². The Morgan fingerprint density at radius 2 is 2.29 bits per heavy atom. The minimum Gasteiger partial charge on any atom is -0.398 e. The van der Waals surface area contributed by atoms with Crippen LogP contribution in [0.4, 0.5) is 11.5 Å². The lowest BCUT2D eigenvalue weighted by molar-refractivity contribution is 0.102. The molecule has 0 aromatic carbocycles. The molecule has 0 radical (unpaired) electrons. The van der Waals surface area contributed by atoms with Crippen LogP contribution in [0.3, 0.4) is 0 Å². The Morgan fingerprint density at radius 1 is 1.53 bits per heavy atom. The molecule has 0 atom stereocenters. The number of nitrogen functional groups attached to an aromatic ring is 1. The SMILES string of the molecule is Cc1cc(N)c(C(=O)Nc2ccnn2C)cn1. The number of aromatic nitrogens is 3. The molecule has 0 spiro atoms. The van der Waals surface area contributed by atoms with Gasteiger partial charge in [0, 0.05) is 30.7 Å².